The van der Waals surface area contributed by atoms with Gasteiger partial charge in [0.05, 0.1) is 0 Å². The van der Waals surface area contributed by atoms with Crippen LogP contribution >= 0.6 is 0 Å². The summed E-state index contributed by atoms with van der Waals surface area (Å²) in [7, 11) is 0. The van der Waals surface area contributed by atoms with E-state index >= 15 is 0 Å². The molecule has 0 heterocycles. The number of hydrogen-bond donors (Lipinski definition) is 0. The molecule has 0 spiro atoms. The molecule has 0 unspecified atom stereocenters. The van der Waals surface area contributed by atoms with Crippen LogP contribution in [0.1, 0.15) is 0 Å². The lowest BCUT2D eigenvalue weighted by molar-refractivity contribution is 1.58. The molecule has 0 fully saturated rings. The third-order valence-electron chi connectivity index (χ3n) is 28.7. The van der Waals surface area contributed by atoms with Crippen LogP contribution in [0.5, 0.6) is 0 Å². The fourth-order valence-corrected chi connectivity index (χ4v) is 22.2. The highest BCUT2D eigenvalue weighted by atomic mass is 14.3. The first-order chi connectivity index (χ1) is 65.4. The first kappa shape index (κ1) is 75.0. The van der Waals surface area contributed by atoms with Gasteiger partial charge in [-0.15, -0.1) is 0 Å². The molecule has 0 aromatic heterocycles. The first-order valence-electron chi connectivity index (χ1n) is 45.9. The molecule has 0 radical (unpaired) electrons. The minimum Gasteiger partial charge on any atom is -0.0616 e. The lowest BCUT2D eigenvalue weighted by atomic mass is 9.86. The quantitative estimate of drug-likeness (QED) is 0.107. The molecule has 0 bridgehead atoms. The van der Waals surface area contributed by atoms with Crippen LogP contribution in [0, 0.1) is 0 Å². The number of hydrogen-bond acceptors (Lipinski definition) is 0. The van der Waals surface area contributed by atoms with Gasteiger partial charge < -0.3 is 0 Å². The van der Waals surface area contributed by atoms with Crippen molar-refractivity contribution in [2.45, 2.75) is 0 Å². The normalized spacial score (nSPS) is 11.9. The van der Waals surface area contributed by atoms with E-state index in [4.69, 9.17) is 0 Å². The molecule has 0 N–H and O–H groups in total. The Kier molecular flexibility index (Phi) is 17.2. The summed E-state index contributed by atoms with van der Waals surface area (Å²) in [5.74, 6) is 0. The molecule has 132 heavy (non-hydrogen) atoms. The van der Waals surface area contributed by atoms with Crippen molar-refractivity contribution in [1.29, 1.82) is 0 Å². The average molecular weight is 1670 g/mol. The average Bonchev–Trinajstić information content (AvgIpc) is 0.756. The minimum atomic E-state index is 1.21. The summed E-state index contributed by atoms with van der Waals surface area (Å²) in [4.78, 5) is 0. The maximum Gasteiger partial charge on any atom is -0.00203 e. The third-order valence-corrected chi connectivity index (χ3v) is 28.7. The zero-order valence-electron chi connectivity index (χ0n) is 72.2. The summed E-state index contributed by atoms with van der Waals surface area (Å²) in [6.07, 6.45) is 0. The van der Waals surface area contributed by atoms with Gasteiger partial charge in [0.2, 0.25) is 0 Å². The van der Waals surface area contributed by atoms with Gasteiger partial charge in [0.25, 0.3) is 0 Å². The summed E-state index contributed by atoms with van der Waals surface area (Å²) in [5, 5.41) is 36.4. The second-order valence-corrected chi connectivity index (χ2v) is 36.0. The predicted octanol–water partition coefficient (Wildman–Crippen LogP) is 37.3. The van der Waals surface area contributed by atoms with Crippen molar-refractivity contribution in [2.75, 3.05) is 0 Å². The molecule has 28 rings (SSSR count). The van der Waals surface area contributed by atoms with Gasteiger partial charge in [-0.25, -0.2) is 0 Å². The van der Waals surface area contributed by atoms with Crippen molar-refractivity contribution in [3.63, 3.8) is 0 Å². The molecule has 0 saturated heterocycles. The number of benzene rings is 28. The van der Waals surface area contributed by atoms with E-state index in [2.05, 4.69) is 485 Å². The molecule has 0 aliphatic carbocycles. The molecule has 608 valence electrons. The molecule has 28 aromatic rings. The lowest BCUT2D eigenvalue weighted by Crippen LogP contribution is -1.90. The van der Waals surface area contributed by atoms with Gasteiger partial charge in [0.15, 0.2) is 0 Å². The van der Waals surface area contributed by atoms with Gasteiger partial charge in [0.1, 0.15) is 0 Å². The molecule has 0 atom stereocenters. The number of rotatable bonds is 12. The molecule has 28 aromatic carbocycles. The second-order valence-electron chi connectivity index (χ2n) is 36.0. The van der Waals surface area contributed by atoms with Crippen LogP contribution < -0.4 is 0 Å². The van der Waals surface area contributed by atoms with Gasteiger partial charge in [-0.2, -0.15) is 0 Å². The topological polar surface area (TPSA) is 0 Å². The predicted molar refractivity (Wildman–Crippen MR) is 568 cm³/mol. The van der Waals surface area contributed by atoms with Crippen molar-refractivity contribution >= 4 is 151 Å². The third kappa shape index (κ3) is 12.4. The van der Waals surface area contributed by atoms with Crippen molar-refractivity contribution in [2.24, 2.45) is 0 Å². The van der Waals surface area contributed by atoms with Gasteiger partial charge in [-0.05, 0) is 327 Å². The SMILES string of the molecule is c1cc(-c2ccc(-c3cccc(-c4ccc5ccc6c(-c7ccc(-c8ccc9ccccc9c8)cc7)ccc7ccc4c5c76)c3)cc2)cc(-c2ccc3ccc4cccc5ccc2c3c45)c1.c1cc(-c2ccc(-c3cccc(-c4ccc5ccc6c(-c7cccc(-c8ccc9ccccc9c8)c7)ccc7ccc4c5c76)c3)cc2)cc(-c2ccc3ccc4cccc5ccc2c3c45)c1. The van der Waals surface area contributed by atoms with E-state index in [0.29, 0.717) is 0 Å². The van der Waals surface area contributed by atoms with Gasteiger partial charge >= 0.3 is 0 Å². The molecular weight excluding hydrogens is 1590 g/mol. The van der Waals surface area contributed by atoms with Crippen LogP contribution in [0.2, 0.25) is 0 Å². The monoisotopic (exact) mass is 1660 g/mol. The maximum absolute atomic E-state index is 2.36. The number of fused-ring (bicyclic) bond motifs is 2. The lowest BCUT2D eigenvalue weighted by Gasteiger charge is -2.17. The Hall–Kier alpha value is -17.2. The Morgan fingerprint density at radius 1 is 0.0758 bits per heavy atom. The maximum atomic E-state index is 2.36. The molecule has 0 saturated carbocycles. The molecule has 0 heteroatoms. The van der Waals surface area contributed by atoms with Crippen molar-refractivity contribution in [3.8, 4) is 134 Å². The fraction of sp³-hybridized carbons (Fsp3) is 0. The van der Waals surface area contributed by atoms with E-state index < -0.39 is 0 Å². The van der Waals surface area contributed by atoms with Crippen molar-refractivity contribution in [1.82, 2.24) is 0 Å². The van der Waals surface area contributed by atoms with Crippen LogP contribution in [-0.2, 0) is 0 Å². The smallest absolute Gasteiger partial charge is 0.00203 e. The van der Waals surface area contributed by atoms with E-state index in [1.165, 1.54) is 284 Å². The summed E-state index contributed by atoms with van der Waals surface area (Å²) in [6.45, 7) is 0. The Morgan fingerprint density at radius 3 is 0.508 bits per heavy atom. The van der Waals surface area contributed by atoms with Crippen LogP contribution in [0.3, 0.4) is 0 Å². The summed E-state index contributed by atoms with van der Waals surface area (Å²) >= 11 is 0. The summed E-state index contributed by atoms with van der Waals surface area (Å²) in [6, 6.07) is 181. The van der Waals surface area contributed by atoms with E-state index in [1.54, 1.807) is 0 Å². The zero-order chi connectivity index (χ0) is 86.6. The van der Waals surface area contributed by atoms with Crippen LogP contribution in [0.25, 0.3) is 284 Å². The van der Waals surface area contributed by atoms with Gasteiger partial charge in [0, 0.05) is 0 Å². The molecule has 0 aliphatic heterocycles. The van der Waals surface area contributed by atoms with Crippen molar-refractivity contribution < 1.29 is 0 Å². The molecule has 0 nitrogen and oxygen atoms in total. The van der Waals surface area contributed by atoms with E-state index in [-0.39, 0.29) is 0 Å². The van der Waals surface area contributed by atoms with E-state index in [0.717, 1.165) is 0 Å². The van der Waals surface area contributed by atoms with Crippen LogP contribution in [0.4, 0.5) is 0 Å². The minimum absolute atomic E-state index is 1.21. The highest BCUT2D eigenvalue weighted by Gasteiger charge is 2.22. The highest BCUT2D eigenvalue weighted by Crippen LogP contribution is 2.49. The summed E-state index contributed by atoms with van der Waals surface area (Å²) in [5.41, 5.74) is 29.5. The highest BCUT2D eigenvalue weighted by molar-refractivity contribution is 6.31. The fourth-order valence-electron chi connectivity index (χ4n) is 22.2. The van der Waals surface area contributed by atoms with Gasteiger partial charge in [-0.1, -0.05) is 443 Å². The largest absolute Gasteiger partial charge is 0.0616 e. The second kappa shape index (κ2) is 30.3. The summed E-state index contributed by atoms with van der Waals surface area (Å²) < 4.78 is 0. The Morgan fingerprint density at radius 2 is 0.235 bits per heavy atom. The molecule has 0 aliphatic rings. The molecular formula is C132H80. The molecule has 0 amide bonds. The first-order valence-corrected chi connectivity index (χ1v) is 45.9. The van der Waals surface area contributed by atoms with E-state index in [9.17, 15) is 0 Å². The Labute approximate surface area is 764 Å². The Bertz CT molecular complexity index is 9470. The van der Waals surface area contributed by atoms with Crippen molar-refractivity contribution in [3.05, 3.63) is 485 Å². The van der Waals surface area contributed by atoms with E-state index in [1.807, 2.05) is 0 Å². The van der Waals surface area contributed by atoms with Crippen LogP contribution in [-0.4, -0.2) is 0 Å². The van der Waals surface area contributed by atoms with Crippen LogP contribution in [0.15, 0.2) is 485 Å². The Balaban J connectivity index is 0.000000135. The standard InChI is InChI=1S/2C66H40/c1-2-8-49-37-53(24-21-41(49)7-1)52-13-6-16-56(40-52)59-33-27-48-29-35-61-58(32-26-47-30-36-62(59)66(48)65(47)61)55-15-5-12-51(39-55)43-19-17-42(18-20-43)50-11-4-14-54(38-50)57-31-25-46-23-22-44-9-3-10-45-28-34-60(57)64(46)63(44)45;1-2-7-51-38-54(25-20-41(51)6-1)44-18-21-45(22-19-44)57-32-26-49-31-37-62-59(34-28-50-30-36-60(57)65(49)66(50)62)56-13-5-11-53(40-56)43-16-14-42(15-17-43)52-10-4-12-55(39-52)58-33-27-48-24-23-46-8-3-9-47-29-35-61(58)64(48)63(46)47/h2*1-40H. The van der Waals surface area contributed by atoms with Gasteiger partial charge in [-0.3, -0.25) is 0 Å². The zero-order valence-corrected chi connectivity index (χ0v) is 72.2.